The number of nitrogens with one attached hydrogen (secondary N) is 1. The fourth-order valence-corrected chi connectivity index (χ4v) is 2.71. The van der Waals surface area contributed by atoms with Crippen LogP contribution in [0.15, 0.2) is 42.5 Å². The highest BCUT2D eigenvalue weighted by Gasteiger charge is 2.17. The molecule has 0 saturated heterocycles. The van der Waals surface area contributed by atoms with Gasteiger partial charge in [0.05, 0.1) is 13.2 Å². The van der Waals surface area contributed by atoms with E-state index < -0.39 is 12.1 Å². The highest BCUT2D eigenvalue weighted by molar-refractivity contribution is 5.97. The standard InChI is InChI=1S/C24H29NO5/c1-6-28-21-12-10-19(15-22(21)29-7-2)11-13-23(26)30-18(5)24(27)25-20-14-16(3)8-9-17(20)4/h8-15,18H,6-7H2,1-5H3,(H,25,27)/b13-11+/t18-/m0/s1. The first-order valence-corrected chi connectivity index (χ1v) is 10.0. The second-order valence-electron chi connectivity index (χ2n) is 6.79. The van der Waals surface area contributed by atoms with Gasteiger partial charge in [-0.1, -0.05) is 18.2 Å². The first kappa shape index (κ1) is 23.0. The van der Waals surface area contributed by atoms with Crippen molar-refractivity contribution in [3.63, 3.8) is 0 Å². The van der Waals surface area contributed by atoms with Gasteiger partial charge in [0.2, 0.25) is 0 Å². The Hall–Kier alpha value is -3.28. The van der Waals surface area contributed by atoms with Crippen molar-refractivity contribution in [2.24, 2.45) is 0 Å². The SMILES string of the molecule is CCOc1ccc(/C=C/C(=O)O[C@@H](C)C(=O)Nc2cc(C)ccc2C)cc1OCC. The number of benzene rings is 2. The quantitative estimate of drug-likeness (QED) is 0.479. The average Bonchev–Trinajstić information content (AvgIpc) is 2.71. The fraction of sp³-hybridized carbons (Fsp3) is 0.333. The normalized spacial score (nSPS) is 11.8. The molecule has 30 heavy (non-hydrogen) atoms. The van der Waals surface area contributed by atoms with Crippen LogP contribution in [0.4, 0.5) is 5.69 Å². The Morgan fingerprint density at radius 1 is 1.00 bits per heavy atom. The summed E-state index contributed by atoms with van der Waals surface area (Å²) in [6.45, 7) is 10.2. The number of hydrogen-bond acceptors (Lipinski definition) is 5. The largest absolute Gasteiger partial charge is 0.490 e. The maximum Gasteiger partial charge on any atom is 0.331 e. The van der Waals surface area contributed by atoms with E-state index in [0.29, 0.717) is 30.4 Å². The molecule has 0 aromatic heterocycles. The van der Waals surface area contributed by atoms with Gasteiger partial charge in [0.1, 0.15) is 0 Å². The predicted octanol–water partition coefficient (Wildman–Crippen LogP) is 4.68. The minimum atomic E-state index is -0.929. The molecule has 0 heterocycles. The predicted molar refractivity (Wildman–Crippen MR) is 118 cm³/mol. The molecule has 0 aliphatic carbocycles. The highest BCUT2D eigenvalue weighted by Crippen LogP contribution is 2.29. The zero-order valence-corrected chi connectivity index (χ0v) is 18.2. The van der Waals surface area contributed by atoms with E-state index in [1.807, 2.05) is 52.0 Å². The summed E-state index contributed by atoms with van der Waals surface area (Å²) in [5.74, 6) is 0.266. The van der Waals surface area contributed by atoms with E-state index in [2.05, 4.69) is 5.32 Å². The van der Waals surface area contributed by atoms with Crippen molar-refractivity contribution >= 4 is 23.6 Å². The van der Waals surface area contributed by atoms with Gasteiger partial charge in [-0.05, 0) is 75.6 Å². The van der Waals surface area contributed by atoms with Gasteiger partial charge < -0.3 is 19.5 Å². The number of amides is 1. The van der Waals surface area contributed by atoms with Gasteiger partial charge in [0.25, 0.3) is 5.91 Å². The Morgan fingerprint density at radius 2 is 1.70 bits per heavy atom. The summed E-state index contributed by atoms with van der Waals surface area (Å²) in [6.07, 6.45) is 1.96. The highest BCUT2D eigenvalue weighted by atomic mass is 16.5. The molecule has 2 aromatic carbocycles. The third-order valence-electron chi connectivity index (χ3n) is 4.29. The van der Waals surface area contributed by atoms with Crippen molar-refractivity contribution < 1.29 is 23.8 Å². The molecule has 0 saturated carbocycles. The van der Waals surface area contributed by atoms with Crippen LogP contribution in [-0.2, 0) is 14.3 Å². The van der Waals surface area contributed by atoms with Gasteiger partial charge in [0.15, 0.2) is 17.6 Å². The Morgan fingerprint density at radius 3 is 2.40 bits per heavy atom. The molecule has 0 radical (unpaired) electrons. The summed E-state index contributed by atoms with van der Waals surface area (Å²) >= 11 is 0. The van der Waals surface area contributed by atoms with Crippen molar-refractivity contribution in [2.75, 3.05) is 18.5 Å². The second-order valence-corrected chi connectivity index (χ2v) is 6.79. The van der Waals surface area contributed by atoms with Gasteiger partial charge in [-0.3, -0.25) is 4.79 Å². The number of esters is 1. The van der Waals surface area contributed by atoms with Crippen LogP contribution in [0, 0.1) is 13.8 Å². The maximum absolute atomic E-state index is 12.4. The number of rotatable bonds is 9. The summed E-state index contributed by atoms with van der Waals surface area (Å²) in [5, 5.41) is 2.80. The Kier molecular flexibility index (Phi) is 8.47. The van der Waals surface area contributed by atoms with E-state index in [0.717, 1.165) is 16.7 Å². The molecule has 160 valence electrons. The average molecular weight is 411 g/mol. The van der Waals surface area contributed by atoms with Crippen molar-refractivity contribution in [3.8, 4) is 11.5 Å². The molecular formula is C24H29NO5. The van der Waals surface area contributed by atoms with E-state index in [1.165, 1.54) is 13.0 Å². The van der Waals surface area contributed by atoms with Gasteiger partial charge in [0, 0.05) is 11.8 Å². The van der Waals surface area contributed by atoms with Gasteiger partial charge in [-0.25, -0.2) is 4.79 Å². The minimum absolute atomic E-state index is 0.384. The lowest BCUT2D eigenvalue weighted by molar-refractivity contribution is -0.148. The molecular weight excluding hydrogens is 382 g/mol. The van der Waals surface area contributed by atoms with E-state index in [1.54, 1.807) is 18.2 Å². The number of ether oxygens (including phenoxy) is 3. The molecule has 2 rings (SSSR count). The molecule has 6 heteroatoms. The summed E-state index contributed by atoms with van der Waals surface area (Å²) in [5.41, 5.74) is 3.43. The van der Waals surface area contributed by atoms with Crippen LogP contribution in [0.25, 0.3) is 6.08 Å². The van der Waals surface area contributed by atoms with Crippen LogP contribution >= 0.6 is 0 Å². The van der Waals surface area contributed by atoms with Crippen LogP contribution in [-0.4, -0.2) is 31.2 Å². The third-order valence-corrected chi connectivity index (χ3v) is 4.29. The van der Waals surface area contributed by atoms with Crippen LogP contribution < -0.4 is 14.8 Å². The minimum Gasteiger partial charge on any atom is -0.490 e. The molecule has 2 aromatic rings. The zero-order valence-electron chi connectivity index (χ0n) is 18.2. The molecule has 0 aliphatic rings. The first-order chi connectivity index (χ1) is 14.3. The molecule has 0 unspecified atom stereocenters. The van der Waals surface area contributed by atoms with Gasteiger partial charge in [-0.2, -0.15) is 0 Å². The first-order valence-electron chi connectivity index (χ1n) is 10.0. The number of carbonyl (C=O) groups excluding carboxylic acids is 2. The Bertz CT molecular complexity index is 920. The van der Waals surface area contributed by atoms with Gasteiger partial charge >= 0.3 is 5.97 Å². The van der Waals surface area contributed by atoms with E-state index >= 15 is 0 Å². The van der Waals surface area contributed by atoms with E-state index in [9.17, 15) is 9.59 Å². The Labute approximate surface area is 177 Å². The summed E-state index contributed by atoms with van der Waals surface area (Å²) in [7, 11) is 0. The number of hydrogen-bond donors (Lipinski definition) is 1. The monoisotopic (exact) mass is 411 g/mol. The topological polar surface area (TPSA) is 73.9 Å². The molecule has 0 aliphatic heterocycles. The lowest BCUT2D eigenvalue weighted by Gasteiger charge is -2.14. The molecule has 1 N–H and O–H groups in total. The summed E-state index contributed by atoms with van der Waals surface area (Å²) < 4.78 is 16.3. The summed E-state index contributed by atoms with van der Waals surface area (Å²) in [4.78, 5) is 24.5. The van der Waals surface area contributed by atoms with Crippen molar-refractivity contribution in [2.45, 2.75) is 40.7 Å². The number of aryl methyl sites for hydroxylation is 2. The molecule has 0 fully saturated rings. The second kappa shape index (κ2) is 11.0. The fourth-order valence-electron chi connectivity index (χ4n) is 2.71. The molecule has 0 bridgehead atoms. The zero-order chi connectivity index (χ0) is 22.1. The van der Waals surface area contributed by atoms with E-state index in [4.69, 9.17) is 14.2 Å². The summed E-state index contributed by atoms with van der Waals surface area (Å²) in [6, 6.07) is 11.2. The third kappa shape index (κ3) is 6.65. The molecule has 6 nitrogen and oxygen atoms in total. The number of carbonyl (C=O) groups is 2. The van der Waals surface area contributed by atoms with Crippen molar-refractivity contribution in [1.29, 1.82) is 0 Å². The van der Waals surface area contributed by atoms with Gasteiger partial charge in [-0.15, -0.1) is 0 Å². The molecule has 0 spiro atoms. The lowest BCUT2D eigenvalue weighted by Crippen LogP contribution is -2.29. The van der Waals surface area contributed by atoms with Crippen LogP contribution in [0.1, 0.15) is 37.5 Å². The van der Waals surface area contributed by atoms with E-state index in [-0.39, 0.29) is 5.91 Å². The molecule has 1 amide bonds. The Balaban J connectivity index is 1.98. The lowest BCUT2D eigenvalue weighted by atomic mass is 10.1. The molecule has 1 atom stereocenters. The number of anilines is 1. The van der Waals surface area contributed by atoms with Crippen LogP contribution in [0.2, 0.25) is 0 Å². The van der Waals surface area contributed by atoms with Crippen molar-refractivity contribution in [1.82, 2.24) is 0 Å². The van der Waals surface area contributed by atoms with Crippen LogP contribution in [0.5, 0.6) is 11.5 Å². The van der Waals surface area contributed by atoms with Crippen molar-refractivity contribution in [3.05, 3.63) is 59.2 Å². The maximum atomic E-state index is 12.4. The smallest absolute Gasteiger partial charge is 0.331 e. The van der Waals surface area contributed by atoms with Crippen LogP contribution in [0.3, 0.4) is 0 Å².